The normalized spacial score (nSPS) is 16.9. The first-order valence-electron chi connectivity index (χ1n) is 15.3. The number of halogens is 2. The molecule has 6 rings (SSSR count). The van der Waals surface area contributed by atoms with Crippen LogP contribution in [0.4, 0.5) is 14.5 Å². The van der Waals surface area contributed by atoms with E-state index in [-0.39, 0.29) is 35.5 Å². The van der Waals surface area contributed by atoms with Crippen molar-refractivity contribution in [2.45, 2.75) is 37.3 Å². The van der Waals surface area contributed by atoms with Crippen molar-refractivity contribution in [1.29, 1.82) is 5.26 Å². The zero-order valence-electron chi connectivity index (χ0n) is 27.0. The number of fused-ring (bicyclic) bond motifs is 1. The Bertz CT molecular complexity index is 1930. The van der Waals surface area contributed by atoms with Crippen LogP contribution in [0.5, 0.6) is 11.5 Å². The molecule has 256 valence electrons. The molecule has 2 aliphatic heterocycles. The van der Waals surface area contributed by atoms with Crippen LogP contribution >= 0.6 is 11.3 Å². The number of nitrogens with zero attached hydrogens (tertiary/aromatic N) is 8. The number of sulfonamides is 1. The first-order chi connectivity index (χ1) is 23.0. The second-order valence-corrected chi connectivity index (χ2v) is 15.0. The molecular formula is C31H36F2N8O5S2. The Kier molecular flexibility index (Phi) is 9.55. The van der Waals surface area contributed by atoms with Gasteiger partial charge in [-0.3, -0.25) is 9.30 Å². The molecule has 0 bridgehead atoms. The van der Waals surface area contributed by atoms with Gasteiger partial charge < -0.3 is 19.1 Å². The Morgan fingerprint density at radius 1 is 1.12 bits per heavy atom. The molecule has 5 heterocycles. The smallest absolute Gasteiger partial charge is 0.291 e. The molecule has 0 radical (unpaired) electrons. The minimum absolute atomic E-state index is 0.110. The average Bonchev–Trinajstić information content (AvgIpc) is 3.71. The third kappa shape index (κ3) is 6.30. The predicted octanol–water partition coefficient (Wildman–Crippen LogP) is 4.07. The number of nitriles is 1. The van der Waals surface area contributed by atoms with Gasteiger partial charge in [0.05, 0.1) is 50.9 Å². The summed E-state index contributed by atoms with van der Waals surface area (Å²) in [6, 6.07) is 8.82. The number of ether oxygens (including phenoxy) is 3. The molecule has 4 aromatic rings. The number of benzene rings is 1. The van der Waals surface area contributed by atoms with Crippen molar-refractivity contribution < 1.29 is 31.4 Å². The van der Waals surface area contributed by atoms with Gasteiger partial charge in [-0.25, -0.2) is 22.2 Å². The topological polar surface area (TPSA) is 138 Å². The maximum atomic E-state index is 14.8. The van der Waals surface area contributed by atoms with Crippen molar-refractivity contribution >= 4 is 32.6 Å². The molecule has 0 saturated carbocycles. The van der Waals surface area contributed by atoms with Crippen LogP contribution in [-0.4, -0.2) is 103 Å². The number of aromatic nitrogens is 4. The molecule has 0 N–H and O–H groups in total. The molecule has 1 aromatic carbocycles. The van der Waals surface area contributed by atoms with Gasteiger partial charge in [0, 0.05) is 57.1 Å². The maximum Gasteiger partial charge on any atom is 0.291 e. The van der Waals surface area contributed by atoms with Gasteiger partial charge >= 0.3 is 0 Å². The van der Waals surface area contributed by atoms with E-state index < -0.39 is 27.0 Å². The second-order valence-electron chi connectivity index (χ2n) is 12.2. The SMILES string of the molecule is COc1ccc(CN(C2(C#N)COC2)S(=O)(=O)c2cc(N3CCN(CC(C)C)CC3)c3cnc(-c4nnc(C(F)F)s4)n3c2)c(OC)c1. The lowest BCUT2D eigenvalue weighted by Crippen LogP contribution is -2.62. The van der Waals surface area contributed by atoms with E-state index in [1.807, 2.05) is 0 Å². The monoisotopic (exact) mass is 702 g/mol. The van der Waals surface area contributed by atoms with E-state index in [1.54, 1.807) is 34.9 Å². The molecule has 0 aliphatic carbocycles. The van der Waals surface area contributed by atoms with E-state index in [4.69, 9.17) is 14.2 Å². The highest BCUT2D eigenvalue weighted by molar-refractivity contribution is 7.89. The van der Waals surface area contributed by atoms with Crippen LogP contribution < -0.4 is 14.4 Å². The van der Waals surface area contributed by atoms with E-state index in [2.05, 4.69) is 44.9 Å². The number of hydrogen-bond acceptors (Lipinski definition) is 12. The Morgan fingerprint density at radius 3 is 2.46 bits per heavy atom. The molecule has 3 aromatic heterocycles. The van der Waals surface area contributed by atoms with E-state index in [0.29, 0.717) is 58.6 Å². The van der Waals surface area contributed by atoms with Crippen LogP contribution in [0.15, 0.2) is 41.6 Å². The molecular weight excluding hydrogens is 667 g/mol. The number of alkyl halides is 2. The number of hydrogen-bond donors (Lipinski definition) is 0. The molecule has 0 amide bonds. The molecule has 0 spiro atoms. The summed E-state index contributed by atoms with van der Waals surface area (Å²) in [5.41, 5.74) is 0.225. The van der Waals surface area contributed by atoms with E-state index in [9.17, 15) is 22.5 Å². The molecule has 0 unspecified atom stereocenters. The summed E-state index contributed by atoms with van der Waals surface area (Å²) in [5, 5.41) is 17.5. The quantitative estimate of drug-likeness (QED) is 0.211. The zero-order chi connectivity index (χ0) is 34.2. The number of pyridine rings is 1. The molecule has 0 atom stereocenters. The zero-order valence-corrected chi connectivity index (χ0v) is 28.6. The highest BCUT2D eigenvalue weighted by Gasteiger charge is 2.51. The fraction of sp³-hybridized carbons (Fsp3) is 0.484. The Morgan fingerprint density at radius 2 is 1.88 bits per heavy atom. The van der Waals surface area contributed by atoms with Gasteiger partial charge in [-0.05, 0) is 18.1 Å². The van der Waals surface area contributed by atoms with Crippen LogP contribution in [0.25, 0.3) is 16.3 Å². The lowest BCUT2D eigenvalue weighted by molar-refractivity contribution is -0.0810. The lowest BCUT2D eigenvalue weighted by atomic mass is 9.99. The minimum atomic E-state index is -4.43. The van der Waals surface area contributed by atoms with Crippen LogP contribution in [-0.2, 0) is 21.3 Å². The summed E-state index contributed by atoms with van der Waals surface area (Å²) in [6.07, 6.45) is 0.172. The molecule has 2 aliphatic rings. The Hall–Kier alpha value is -3.95. The third-order valence-electron chi connectivity index (χ3n) is 8.51. The first kappa shape index (κ1) is 33.9. The highest BCUT2D eigenvalue weighted by atomic mass is 32.2. The lowest BCUT2D eigenvalue weighted by Gasteiger charge is -2.43. The maximum absolute atomic E-state index is 14.8. The summed E-state index contributed by atoms with van der Waals surface area (Å²) in [7, 11) is -1.44. The van der Waals surface area contributed by atoms with Gasteiger partial charge in [-0.15, -0.1) is 10.2 Å². The molecule has 17 heteroatoms. The molecule has 2 saturated heterocycles. The standard InChI is InChI=1S/C31H36F2N8O5S2/c1-20(2)14-38-7-9-39(10-8-38)24-12-23(16-40-25(24)13-35-28(40)30-37-36-29(47-30)27(32)33)48(42,43)41(31(17-34)18-46-19-31)15-21-5-6-22(44-3)11-26(21)45-4/h5-6,11-13,16,20,27H,7-10,14-15,18-19H2,1-4H3. The van der Waals surface area contributed by atoms with E-state index >= 15 is 0 Å². The summed E-state index contributed by atoms with van der Waals surface area (Å²) >= 11 is 0.691. The van der Waals surface area contributed by atoms with Crippen LogP contribution in [0.1, 0.15) is 30.8 Å². The Labute approximate surface area is 281 Å². The van der Waals surface area contributed by atoms with Gasteiger partial charge in [0.25, 0.3) is 6.43 Å². The number of methoxy groups -OCH3 is 2. The van der Waals surface area contributed by atoms with Crippen molar-refractivity contribution in [3.05, 3.63) is 47.2 Å². The summed E-state index contributed by atoms with van der Waals surface area (Å²) in [4.78, 5) is 8.85. The Balaban J connectivity index is 1.48. The van der Waals surface area contributed by atoms with E-state index in [1.165, 1.54) is 20.4 Å². The van der Waals surface area contributed by atoms with Gasteiger partial charge in [0.15, 0.2) is 21.4 Å². The van der Waals surface area contributed by atoms with Crippen LogP contribution in [0, 0.1) is 17.2 Å². The fourth-order valence-electron chi connectivity index (χ4n) is 6.00. The van der Waals surface area contributed by atoms with Crippen molar-refractivity contribution in [3.63, 3.8) is 0 Å². The van der Waals surface area contributed by atoms with Crippen molar-refractivity contribution in [1.82, 2.24) is 28.8 Å². The largest absolute Gasteiger partial charge is 0.497 e. The van der Waals surface area contributed by atoms with Crippen LogP contribution in [0.2, 0.25) is 0 Å². The highest BCUT2D eigenvalue weighted by Crippen LogP contribution is 2.38. The summed E-state index contributed by atoms with van der Waals surface area (Å²) in [5.74, 6) is 1.59. The van der Waals surface area contributed by atoms with Gasteiger partial charge in [0.2, 0.25) is 10.0 Å². The molecule has 2 fully saturated rings. The van der Waals surface area contributed by atoms with Crippen LogP contribution in [0.3, 0.4) is 0 Å². The predicted molar refractivity (Wildman–Crippen MR) is 174 cm³/mol. The summed E-state index contributed by atoms with van der Waals surface area (Å²) in [6.45, 7) is 7.64. The van der Waals surface area contributed by atoms with Crippen molar-refractivity contribution in [2.75, 3.05) is 65.1 Å². The number of rotatable bonds is 12. The second kappa shape index (κ2) is 13.5. The van der Waals surface area contributed by atoms with Crippen molar-refractivity contribution in [3.8, 4) is 28.4 Å². The molecule has 48 heavy (non-hydrogen) atoms. The summed E-state index contributed by atoms with van der Waals surface area (Å²) < 4.78 is 75.6. The number of imidazole rings is 1. The minimum Gasteiger partial charge on any atom is -0.497 e. The first-order valence-corrected chi connectivity index (χ1v) is 17.6. The van der Waals surface area contributed by atoms with Gasteiger partial charge in [-0.2, -0.15) is 9.57 Å². The van der Waals surface area contributed by atoms with E-state index in [0.717, 1.165) is 23.9 Å². The number of piperazine rings is 1. The fourth-order valence-corrected chi connectivity index (χ4v) is 8.36. The number of anilines is 1. The average molecular weight is 703 g/mol. The van der Waals surface area contributed by atoms with Gasteiger partial charge in [0.1, 0.15) is 16.4 Å². The molecule has 13 nitrogen and oxygen atoms in total. The van der Waals surface area contributed by atoms with Gasteiger partial charge in [-0.1, -0.05) is 31.3 Å². The third-order valence-corrected chi connectivity index (χ3v) is 11.3. The van der Waals surface area contributed by atoms with Crippen molar-refractivity contribution in [2.24, 2.45) is 5.92 Å².